The predicted molar refractivity (Wildman–Crippen MR) is 56.8 cm³/mol. The molecule has 1 atom stereocenters. The van der Waals surface area contributed by atoms with Crippen molar-refractivity contribution in [1.82, 2.24) is 0 Å². The number of ether oxygens (including phenoxy) is 1. The topological polar surface area (TPSA) is 72.8 Å². The van der Waals surface area contributed by atoms with E-state index in [2.05, 4.69) is 4.52 Å². The van der Waals surface area contributed by atoms with Crippen LogP contribution < -0.4 is 0 Å². The van der Waals surface area contributed by atoms with Crippen LogP contribution in [-0.4, -0.2) is 24.1 Å². The Morgan fingerprint density at radius 1 is 1.33 bits per heavy atom. The summed E-state index contributed by atoms with van der Waals surface area (Å²) in [7, 11) is -2.99. The van der Waals surface area contributed by atoms with E-state index in [1.807, 2.05) is 13.8 Å². The molecule has 15 heavy (non-hydrogen) atoms. The molecule has 1 N–H and O–H groups in total. The molecule has 0 amide bonds. The normalized spacial score (nSPS) is 13.6. The zero-order valence-electron chi connectivity index (χ0n) is 9.41. The van der Waals surface area contributed by atoms with Crippen LogP contribution in [0.25, 0.3) is 0 Å². The van der Waals surface area contributed by atoms with E-state index >= 15 is 0 Å². The van der Waals surface area contributed by atoms with Gasteiger partial charge in [0.1, 0.15) is 0 Å². The Balaban J connectivity index is 4.55. The van der Waals surface area contributed by atoms with E-state index in [1.54, 1.807) is 6.92 Å². The van der Waals surface area contributed by atoms with Crippen LogP contribution >= 0.6 is 8.25 Å². The van der Waals surface area contributed by atoms with E-state index in [0.717, 1.165) is 0 Å². The van der Waals surface area contributed by atoms with Gasteiger partial charge in [0.2, 0.25) is 0 Å². The molecule has 1 unspecified atom stereocenters. The van der Waals surface area contributed by atoms with Crippen molar-refractivity contribution in [3.05, 3.63) is 0 Å². The summed E-state index contributed by atoms with van der Waals surface area (Å²) >= 11 is 0. The number of hydrogen-bond acceptors (Lipinski definition) is 4. The summed E-state index contributed by atoms with van der Waals surface area (Å²) in [6.45, 7) is 5.63. The van der Waals surface area contributed by atoms with Gasteiger partial charge < -0.3 is 14.2 Å². The Labute approximate surface area is 90.7 Å². The van der Waals surface area contributed by atoms with E-state index in [9.17, 15) is 9.36 Å². The minimum Gasteiger partial charge on any atom is -0.465 e. The van der Waals surface area contributed by atoms with Crippen molar-refractivity contribution in [3.63, 3.8) is 0 Å². The van der Waals surface area contributed by atoms with Crippen LogP contribution in [-0.2, 0) is 18.6 Å². The minimum absolute atomic E-state index is 0.0624. The van der Waals surface area contributed by atoms with E-state index in [-0.39, 0.29) is 12.6 Å². The Morgan fingerprint density at radius 2 is 1.87 bits per heavy atom. The second-order valence-electron chi connectivity index (χ2n) is 3.26. The van der Waals surface area contributed by atoms with Crippen LogP contribution in [0.5, 0.6) is 0 Å². The first kappa shape index (κ1) is 14.6. The second-order valence-corrected chi connectivity index (χ2v) is 4.08. The standard InChI is InChI=1S/C9H19O5P/c1-4-9(5-2,7-14-15(11)12)8(10)13-6-3/h15H,4-7H2,1-3H3,(H,11,12). The summed E-state index contributed by atoms with van der Waals surface area (Å²) < 4.78 is 20.1. The summed E-state index contributed by atoms with van der Waals surface area (Å²) in [6, 6.07) is 0. The number of hydrogen-bond donors (Lipinski definition) is 1. The first-order valence-corrected chi connectivity index (χ1v) is 6.31. The molecule has 0 aromatic rings. The van der Waals surface area contributed by atoms with Crippen LogP contribution in [0.2, 0.25) is 0 Å². The number of rotatable bonds is 7. The lowest BCUT2D eigenvalue weighted by Gasteiger charge is -2.27. The van der Waals surface area contributed by atoms with Crippen LogP contribution in [0.3, 0.4) is 0 Å². The lowest BCUT2D eigenvalue weighted by atomic mass is 9.83. The first-order chi connectivity index (χ1) is 7.02. The van der Waals surface area contributed by atoms with Crippen LogP contribution in [0.4, 0.5) is 0 Å². The van der Waals surface area contributed by atoms with E-state index in [4.69, 9.17) is 9.63 Å². The molecule has 6 heteroatoms. The van der Waals surface area contributed by atoms with Gasteiger partial charge in [0.05, 0.1) is 18.6 Å². The lowest BCUT2D eigenvalue weighted by Crippen LogP contribution is -2.35. The zero-order chi connectivity index (χ0) is 11.9. The summed E-state index contributed by atoms with van der Waals surface area (Å²) in [5.41, 5.74) is -0.793. The number of esters is 1. The molecule has 0 aromatic heterocycles. The predicted octanol–water partition coefficient (Wildman–Crippen LogP) is 1.75. The van der Waals surface area contributed by atoms with Crippen molar-refractivity contribution in [2.75, 3.05) is 13.2 Å². The molecular weight excluding hydrogens is 219 g/mol. The highest BCUT2D eigenvalue weighted by molar-refractivity contribution is 7.32. The molecule has 0 aliphatic heterocycles. The molecule has 90 valence electrons. The Hall–Kier alpha value is -0.380. The van der Waals surface area contributed by atoms with Crippen molar-refractivity contribution in [2.45, 2.75) is 33.6 Å². The molecule has 0 spiro atoms. The number of carbonyl (C=O) groups is 1. The first-order valence-electron chi connectivity index (χ1n) is 5.05. The summed E-state index contributed by atoms with van der Waals surface area (Å²) in [4.78, 5) is 20.3. The van der Waals surface area contributed by atoms with Crippen molar-refractivity contribution in [2.24, 2.45) is 5.41 Å². The Bertz CT molecular complexity index is 225. The molecule has 0 saturated carbocycles. The third-order valence-corrected chi connectivity index (χ3v) is 2.93. The van der Waals surface area contributed by atoms with Crippen LogP contribution in [0.15, 0.2) is 0 Å². The molecule has 0 aliphatic rings. The van der Waals surface area contributed by atoms with Gasteiger partial charge in [-0.15, -0.1) is 0 Å². The molecule has 0 saturated heterocycles. The van der Waals surface area contributed by atoms with Gasteiger partial charge in [0, 0.05) is 0 Å². The van der Waals surface area contributed by atoms with Crippen molar-refractivity contribution in [3.8, 4) is 0 Å². The van der Waals surface area contributed by atoms with Gasteiger partial charge in [0.25, 0.3) is 0 Å². The average Bonchev–Trinajstić information content (AvgIpc) is 2.20. The van der Waals surface area contributed by atoms with Gasteiger partial charge in [-0.1, -0.05) is 13.8 Å². The third kappa shape index (κ3) is 4.33. The molecule has 0 radical (unpaired) electrons. The van der Waals surface area contributed by atoms with Crippen molar-refractivity contribution >= 4 is 14.2 Å². The lowest BCUT2D eigenvalue weighted by molar-refractivity contribution is -0.158. The molecule has 0 aromatic carbocycles. The van der Waals surface area contributed by atoms with Gasteiger partial charge in [-0.05, 0) is 19.8 Å². The highest BCUT2D eigenvalue weighted by atomic mass is 31.1. The van der Waals surface area contributed by atoms with E-state index in [0.29, 0.717) is 19.4 Å². The largest absolute Gasteiger partial charge is 0.465 e. The van der Waals surface area contributed by atoms with Crippen LogP contribution in [0.1, 0.15) is 33.6 Å². The summed E-state index contributed by atoms with van der Waals surface area (Å²) in [5, 5.41) is 0. The minimum atomic E-state index is -2.99. The Kier molecular flexibility index (Phi) is 6.81. The maximum atomic E-state index is 11.7. The highest BCUT2D eigenvalue weighted by Gasteiger charge is 2.37. The molecule has 0 aliphatic carbocycles. The molecule has 0 bridgehead atoms. The molecule has 5 nitrogen and oxygen atoms in total. The quantitative estimate of drug-likeness (QED) is 0.540. The molecule has 0 heterocycles. The zero-order valence-corrected chi connectivity index (χ0v) is 10.4. The highest BCUT2D eigenvalue weighted by Crippen LogP contribution is 2.32. The average molecular weight is 238 g/mol. The summed E-state index contributed by atoms with van der Waals surface area (Å²) in [6.07, 6.45) is 1.05. The smallest absolute Gasteiger partial charge is 0.316 e. The van der Waals surface area contributed by atoms with Gasteiger partial charge in [-0.25, -0.2) is 0 Å². The van der Waals surface area contributed by atoms with Gasteiger partial charge in [-0.3, -0.25) is 9.36 Å². The van der Waals surface area contributed by atoms with Crippen LogP contribution in [0, 0.1) is 5.41 Å². The van der Waals surface area contributed by atoms with E-state index in [1.165, 1.54) is 0 Å². The monoisotopic (exact) mass is 238 g/mol. The van der Waals surface area contributed by atoms with Gasteiger partial charge in [0.15, 0.2) is 0 Å². The fraction of sp³-hybridized carbons (Fsp3) is 0.889. The van der Waals surface area contributed by atoms with Crippen molar-refractivity contribution in [1.29, 1.82) is 0 Å². The van der Waals surface area contributed by atoms with E-state index < -0.39 is 13.7 Å². The fourth-order valence-electron chi connectivity index (χ4n) is 1.29. The molecular formula is C9H19O5P. The number of carbonyl (C=O) groups excluding carboxylic acids is 1. The second kappa shape index (κ2) is 6.99. The van der Waals surface area contributed by atoms with Gasteiger partial charge >= 0.3 is 14.2 Å². The van der Waals surface area contributed by atoms with Gasteiger partial charge in [-0.2, -0.15) is 0 Å². The maximum absolute atomic E-state index is 11.7. The molecule has 0 fully saturated rings. The third-order valence-electron chi connectivity index (χ3n) is 2.53. The Morgan fingerprint density at radius 3 is 2.20 bits per heavy atom. The SMILES string of the molecule is CCOC(=O)C(CC)(CC)CO[PH](=O)O. The fourth-order valence-corrected chi connectivity index (χ4v) is 1.69. The maximum Gasteiger partial charge on any atom is 0.316 e. The molecule has 0 rings (SSSR count). The summed E-state index contributed by atoms with van der Waals surface area (Å²) in [5.74, 6) is -0.363. The van der Waals surface area contributed by atoms with Crippen molar-refractivity contribution < 1.29 is 23.5 Å².